The van der Waals surface area contributed by atoms with Crippen LogP contribution in [0.1, 0.15) is 75.9 Å². The van der Waals surface area contributed by atoms with E-state index in [4.69, 9.17) is 4.99 Å². The van der Waals surface area contributed by atoms with E-state index in [1.807, 2.05) is 18.5 Å². The van der Waals surface area contributed by atoms with E-state index < -0.39 is 0 Å². The minimum Gasteiger partial charge on any atom is -0.354 e. The van der Waals surface area contributed by atoms with E-state index in [-0.39, 0.29) is 24.0 Å². The van der Waals surface area contributed by atoms with Gasteiger partial charge in [0, 0.05) is 19.1 Å². The van der Waals surface area contributed by atoms with E-state index in [9.17, 15) is 0 Å². The lowest BCUT2D eigenvalue weighted by Crippen LogP contribution is -2.48. The maximum absolute atomic E-state index is 4.88. The van der Waals surface area contributed by atoms with Crippen LogP contribution >= 0.6 is 24.0 Å². The van der Waals surface area contributed by atoms with Crippen LogP contribution in [-0.4, -0.2) is 32.8 Å². The van der Waals surface area contributed by atoms with Crippen LogP contribution in [0.25, 0.3) is 0 Å². The second-order valence-corrected chi connectivity index (χ2v) is 8.62. The minimum atomic E-state index is 0. The molecule has 1 aromatic rings. The topological polar surface area (TPSA) is 67.1 Å². The number of aromatic nitrogens is 3. The van der Waals surface area contributed by atoms with Gasteiger partial charge in [-0.15, -0.1) is 34.2 Å². The molecule has 0 amide bonds. The zero-order valence-corrected chi connectivity index (χ0v) is 19.1. The highest BCUT2D eigenvalue weighted by molar-refractivity contribution is 14.0. The fraction of sp³-hybridized carbons (Fsp3) is 0.850. The SMILES string of the molecule is Cc1nnc(CN=C(NC2CCCC2)NC2CCC3CCCC3C2)n1C.I. The third kappa shape index (κ3) is 5.15. The van der Waals surface area contributed by atoms with E-state index in [0.29, 0.717) is 18.6 Å². The first-order valence-electron chi connectivity index (χ1n) is 10.6. The fourth-order valence-corrected chi connectivity index (χ4v) is 5.16. The molecule has 152 valence electrons. The minimum absolute atomic E-state index is 0. The van der Waals surface area contributed by atoms with Gasteiger partial charge in [0.15, 0.2) is 11.8 Å². The Morgan fingerprint density at radius 2 is 1.70 bits per heavy atom. The number of guanidine groups is 1. The Hall–Kier alpha value is -0.860. The maximum atomic E-state index is 4.88. The molecule has 2 N–H and O–H groups in total. The van der Waals surface area contributed by atoms with Gasteiger partial charge in [0.05, 0.1) is 0 Å². The number of hydrogen-bond acceptors (Lipinski definition) is 3. The van der Waals surface area contributed by atoms with E-state index in [2.05, 4.69) is 20.8 Å². The largest absolute Gasteiger partial charge is 0.354 e. The van der Waals surface area contributed by atoms with Crippen molar-refractivity contribution in [3.8, 4) is 0 Å². The highest BCUT2D eigenvalue weighted by Crippen LogP contribution is 2.42. The third-order valence-corrected chi connectivity index (χ3v) is 6.89. The summed E-state index contributed by atoms with van der Waals surface area (Å²) in [5.41, 5.74) is 0. The number of nitrogens with zero attached hydrogens (tertiary/aromatic N) is 4. The van der Waals surface area contributed by atoms with Crippen LogP contribution in [0.2, 0.25) is 0 Å². The molecule has 0 aliphatic heterocycles. The molecule has 1 heterocycles. The van der Waals surface area contributed by atoms with Crippen molar-refractivity contribution in [2.45, 2.75) is 89.8 Å². The van der Waals surface area contributed by atoms with Gasteiger partial charge in [0.25, 0.3) is 0 Å². The molecule has 0 saturated heterocycles. The first-order chi connectivity index (χ1) is 12.7. The van der Waals surface area contributed by atoms with Crippen LogP contribution in [-0.2, 0) is 13.6 Å². The molecule has 7 heteroatoms. The van der Waals surface area contributed by atoms with Gasteiger partial charge in [0.1, 0.15) is 12.4 Å². The lowest BCUT2D eigenvalue weighted by Gasteiger charge is -2.33. The second-order valence-electron chi connectivity index (χ2n) is 8.62. The van der Waals surface area contributed by atoms with Crippen molar-refractivity contribution >= 4 is 29.9 Å². The summed E-state index contributed by atoms with van der Waals surface area (Å²) in [5, 5.41) is 15.9. The monoisotopic (exact) mass is 486 g/mol. The van der Waals surface area contributed by atoms with E-state index in [1.54, 1.807) is 0 Å². The van der Waals surface area contributed by atoms with Crippen molar-refractivity contribution < 1.29 is 0 Å². The summed E-state index contributed by atoms with van der Waals surface area (Å²) in [4.78, 5) is 4.88. The summed E-state index contributed by atoms with van der Waals surface area (Å²) in [7, 11) is 2.01. The van der Waals surface area contributed by atoms with Crippen LogP contribution in [0.4, 0.5) is 0 Å². The number of hydrogen-bond donors (Lipinski definition) is 2. The summed E-state index contributed by atoms with van der Waals surface area (Å²) in [6.45, 7) is 2.56. The van der Waals surface area contributed by atoms with Gasteiger partial charge in [-0.3, -0.25) is 0 Å². The summed E-state index contributed by atoms with van der Waals surface area (Å²) in [5.74, 6) is 4.79. The van der Waals surface area contributed by atoms with Crippen LogP contribution < -0.4 is 10.6 Å². The highest BCUT2D eigenvalue weighted by Gasteiger charge is 2.34. The Kier molecular flexibility index (Phi) is 7.39. The molecular weight excluding hydrogens is 451 g/mol. The standard InChI is InChI=1S/C20H34N6.HI/c1-14-24-25-19(26(14)2)13-21-20(22-17-8-3-4-9-17)23-18-11-10-15-6-5-7-16(15)12-18;/h15-18H,3-13H2,1-2H3,(H2,21,22,23);1H. The smallest absolute Gasteiger partial charge is 0.192 e. The van der Waals surface area contributed by atoms with Crippen LogP contribution in [0.5, 0.6) is 0 Å². The zero-order valence-electron chi connectivity index (χ0n) is 16.8. The molecule has 6 nitrogen and oxygen atoms in total. The van der Waals surface area contributed by atoms with E-state index in [0.717, 1.165) is 29.4 Å². The summed E-state index contributed by atoms with van der Waals surface area (Å²) >= 11 is 0. The Morgan fingerprint density at radius 3 is 2.44 bits per heavy atom. The maximum Gasteiger partial charge on any atom is 0.192 e. The first-order valence-corrected chi connectivity index (χ1v) is 10.6. The van der Waals surface area contributed by atoms with Gasteiger partial charge in [-0.05, 0) is 50.9 Å². The molecule has 3 fully saturated rings. The molecule has 3 aliphatic rings. The summed E-state index contributed by atoms with van der Waals surface area (Å²) in [6.07, 6.45) is 13.5. The quantitative estimate of drug-likeness (QED) is 0.387. The number of rotatable bonds is 4. The molecule has 3 saturated carbocycles. The molecule has 27 heavy (non-hydrogen) atoms. The van der Waals surface area contributed by atoms with Crippen LogP contribution in [0.15, 0.2) is 4.99 Å². The Labute approximate surface area is 180 Å². The molecule has 4 rings (SSSR count). The van der Waals surface area contributed by atoms with Crippen molar-refractivity contribution in [1.82, 2.24) is 25.4 Å². The van der Waals surface area contributed by atoms with Gasteiger partial charge in [0.2, 0.25) is 0 Å². The molecule has 1 aromatic heterocycles. The van der Waals surface area contributed by atoms with E-state index in [1.165, 1.54) is 64.2 Å². The van der Waals surface area contributed by atoms with Gasteiger partial charge >= 0.3 is 0 Å². The molecule has 3 unspecified atom stereocenters. The summed E-state index contributed by atoms with van der Waals surface area (Å²) in [6, 6.07) is 1.15. The number of aliphatic imine (C=N–C) groups is 1. The summed E-state index contributed by atoms with van der Waals surface area (Å²) < 4.78 is 2.03. The zero-order chi connectivity index (χ0) is 17.9. The molecule has 0 spiro atoms. The lowest BCUT2D eigenvalue weighted by molar-refractivity contribution is 0.239. The third-order valence-electron chi connectivity index (χ3n) is 6.89. The second kappa shape index (κ2) is 9.56. The highest BCUT2D eigenvalue weighted by atomic mass is 127. The normalized spacial score (nSPS) is 28.7. The van der Waals surface area contributed by atoms with Crippen LogP contribution in [0, 0.1) is 18.8 Å². The average molecular weight is 486 g/mol. The van der Waals surface area contributed by atoms with Gasteiger partial charge in [-0.1, -0.05) is 32.1 Å². The molecule has 0 radical (unpaired) electrons. The van der Waals surface area contributed by atoms with Crippen molar-refractivity contribution in [3.05, 3.63) is 11.6 Å². The van der Waals surface area contributed by atoms with Gasteiger partial charge in [-0.25, -0.2) is 4.99 Å². The first kappa shape index (κ1) is 20.9. The van der Waals surface area contributed by atoms with Crippen molar-refractivity contribution in [3.63, 3.8) is 0 Å². The number of fused-ring (bicyclic) bond motifs is 1. The van der Waals surface area contributed by atoms with Gasteiger partial charge < -0.3 is 15.2 Å². The van der Waals surface area contributed by atoms with Gasteiger partial charge in [-0.2, -0.15) is 0 Å². The number of nitrogens with one attached hydrogen (secondary N) is 2. The Bertz CT molecular complexity index is 636. The fourth-order valence-electron chi connectivity index (χ4n) is 5.16. The molecule has 0 aromatic carbocycles. The lowest BCUT2D eigenvalue weighted by atomic mass is 9.79. The van der Waals surface area contributed by atoms with Crippen molar-refractivity contribution in [1.29, 1.82) is 0 Å². The average Bonchev–Trinajstić information content (AvgIpc) is 3.37. The van der Waals surface area contributed by atoms with Crippen LogP contribution in [0.3, 0.4) is 0 Å². The Balaban J connectivity index is 0.00000210. The number of aryl methyl sites for hydroxylation is 1. The number of halogens is 1. The molecule has 0 bridgehead atoms. The predicted octanol–water partition coefficient (Wildman–Crippen LogP) is 3.69. The van der Waals surface area contributed by atoms with Crippen molar-refractivity contribution in [2.24, 2.45) is 23.9 Å². The molecule has 3 atom stereocenters. The van der Waals surface area contributed by atoms with E-state index >= 15 is 0 Å². The predicted molar refractivity (Wildman–Crippen MR) is 119 cm³/mol. The van der Waals surface area contributed by atoms with Crippen molar-refractivity contribution in [2.75, 3.05) is 0 Å². The molecule has 3 aliphatic carbocycles. The molecular formula is C20H35IN6. The Morgan fingerprint density at radius 1 is 0.963 bits per heavy atom.